The summed E-state index contributed by atoms with van der Waals surface area (Å²) >= 11 is 0. The predicted molar refractivity (Wildman–Crippen MR) is 68.8 cm³/mol. The van der Waals surface area contributed by atoms with E-state index < -0.39 is 0 Å². The lowest BCUT2D eigenvalue weighted by atomic mass is 10.1. The number of hydrogen-bond donors (Lipinski definition) is 1. The van der Waals surface area contributed by atoms with Gasteiger partial charge in [0.1, 0.15) is 5.75 Å². The fourth-order valence-electron chi connectivity index (χ4n) is 1.53. The Kier molecular flexibility index (Phi) is 5.06. The standard InChI is InChI=1S/C14H21NO/c1-11(2)8-9-15-12(3)13-6-5-7-14(10-13)16-4/h5-7,10,12,15H,1,8-9H2,2-4H3/t12-/m1/s1. The molecule has 0 aromatic heterocycles. The second-order valence-corrected chi connectivity index (χ2v) is 4.16. The molecule has 2 nitrogen and oxygen atoms in total. The molecular formula is C14H21NO. The van der Waals surface area contributed by atoms with Crippen molar-refractivity contribution in [2.24, 2.45) is 0 Å². The van der Waals surface area contributed by atoms with Crippen LogP contribution in [0.3, 0.4) is 0 Å². The molecule has 0 aliphatic rings. The minimum Gasteiger partial charge on any atom is -0.497 e. The quantitative estimate of drug-likeness (QED) is 0.741. The molecule has 1 N–H and O–H groups in total. The molecule has 88 valence electrons. The monoisotopic (exact) mass is 219 g/mol. The van der Waals surface area contributed by atoms with Gasteiger partial charge in [-0.2, -0.15) is 0 Å². The Morgan fingerprint density at radius 1 is 1.50 bits per heavy atom. The van der Waals surface area contributed by atoms with Gasteiger partial charge in [-0.1, -0.05) is 17.7 Å². The Bertz CT molecular complexity index is 346. The maximum absolute atomic E-state index is 5.21. The molecule has 1 atom stereocenters. The highest BCUT2D eigenvalue weighted by molar-refractivity contribution is 5.30. The van der Waals surface area contributed by atoms with Gasteiger partial charge in [0.15, 0.2) is 0 Å². The second-order valence-electron chi connectivity index (χ2n) is 4.16. The smallest absolute Gasteiger partial charge is 0.119 e. The highest BCUT2D eigenvalue weighted by atomic mass is 16.5. The summed E-state index contributed by atoms with van der Waals surface area (Å²) < 4.78 is 5.21. The molecule has 1 rings (SSSR count). The largest absolute Gasteiger partial charge is 0.497 e. The third-order valence-corrected chi connectivity index (χ3v) is 2.60. The lowest BCUT2D eigenvalue weighted by molar-refractivity contribution is 0.413. The molecule has 0 aliphatic carbocycles. The van der Waals surface area contributed by atoms with E-state index in [0.717, 1.165) is 18.7 Å². The zero-order chi connectivity index (χ0) is 12.0. The van der Waals surface area contributed by atoms with Crippen molar-refractivity contribution in [3.05, 3.63) is 42.0 Å². The molecule has 0 radical (unpaired) electrons. The van der Waals surface area contributed by atoms with Crippen LogP contribution in [0.2, 0.25) is 0 Å². The molecule has 0 saturated heterocycles. The summed E-state index contributed by atoms with van der Waals surface area (Å²) in [5.74, 6) is 0.908. The molecule has 0 amide bonds. The Balaban J connectivity index is 2.51. The first-order valence-corrected chi connectivity index (χ1v) is 5.65. The molecule has 0 saturated carbocycles. The van der Waals surface area contributed by atoms with E-state index in [2.05, 4.69) is 37.9 Å². The van der Waals surface area contributed by atoms with Crippen LogP contribution in [-0.4, -0.2) is 13.7 Å². The molecule has 0 fully saturated rings. The predicted octanol–water partition coefficient (Wildman–Crippen LogP) is 3.31. The van der Waals surface area contributed by atoms with E-state index >= 15 is 0 Å². The third-order valence-electron chi connectivity index (χ3n) is 2.60. The van der Waals surface area contributed by atoms with E-state index in [1.807, 2.05) is 12.1 Å². The van der Waals surface area contributed by atoms with Gasteiger partial charge in [0, 0.05) is 6.04 Å². The van der Waals surface area contributed by atoms with E-state index in [4.69, 9.17) is 4.74 Å². The lowest BCUT2D eigenvalue weighted by Crippen LogP contribution is -2.19. The molecule has 1 aromatic rings. The van der Waals surface area contributed by atoms with Crippen LogP contribution in [0.1, 0.15) is 31.9 Å². The molecule has 1 aromatic carbocycles. The van der Waals surface area contributed by atoms with Gasteiger partial charge in [0.2, 0.25) is 0 Å². The van der Waals surface area contributed by atoms with Crippen LogP contribution in [0.4, 0.5) is 0 Å². The Hall–Kier alpha value is -1.28. The van der Waals surface area contributed by atoms with E-state index in [1.165, 1.54) is 11.1 Å². The van der Waals surface area contributed by atoms with Gasteiger partial charge in [-0.25, -0.2) is 0 Å². The minimum atomic E-state index is 0.342. The molecule has 0 aliphatic heterocycles. The zero-order valence-electron chi connectivity index (χ0n) is 10.4. The van der Waals surface area contributed by atoms with Gasteiger partial charge in [0.05, 0.1) is 7.11 Å². The summed E-state index contributed by atoms with van der Waals surface area (Å²) in [6.07, 6.45) is 1.02. The molecule has 2 heteroatoms. The van der Waals surface area contributed by atoms with Gasteiger partial charge in [-0.05, 0) is 44.5 Å². The molecule has 0 bridgehead atoms. The van der Waals surface area contributed by atoms with Gasteiger partial charge in [0.25, 0.3) is 0 Å². The van der Waals surface area contributed by atoms with Crippen molar-refractivity contribution in [3.8, 4) is 5.75 Å². The number of benzene rings is 1. The molecule has 0 heterocycles. The Morgan fingerprint density at radius 3 is 2.88 bits per heavy atom. The Morgan fingerprint density at radius 2 is 2.25 bits per heavy atom. The summed E-state index contributed by atoms with van der Waals surface area (Å²) in [6, 6.07) is 8.50. The summed E-state index contributed by atoms with van der Waals surface area (Å²) in [4.78, 5) is 0. The van der Waals surface area contributed by atoms with Crippen LogP contribution in [0.5, 0.6) is 5.75 Å². The topological polar surface area (TPSA) is 21.3 Å². The van der Waals surface area contributed by atoms with Gasteiger partial charge < -0.3 is 10.1 Å². The van der Waals surface area contributed by atoms with Gasteiger partial charge >= 0.3 is 0 Å². The summed E-state index contributed by atoms with van der Waals surface area (Å²) in [5, 5.41) is 3.47. The van der Waals surface area contributed by atoms with Crippen molar-refractivity contribution in [1.82, 2.24) is 5.32 Å². The Labute approximate surface area is 98.3 Å². The number of hydrogen-bond acceptors (Lipinski definition) is 2. The normalized spacial score (nSPS) is 12.2. The SMILES string of the molecule is C=C(C)CCN[C@H](C)c1cccc(OC)c1. The maximum Gasteiger partial charge on any atom is 0.119 e. The fourth-order valence-corrected chi connectivity index (χ4v) is 1.53. The van der Waals surface area contributed by atoms with E-state index in [1.54, 1.807) is 7.11 Å². The van der Waals surface area contributed by atoms with Gasteiger partial charge in [-0.15, -0.1) is 6.58 Å². The van der Waals surface area contributed by atoms with E-state index in [0.29, 0.717) is 6.04 Å². The number of rotatable bonds is 6. The maximum atomic E-state index is 5.21. The number of nitrogens with one attached hydrogen (secondary N) is 1. The van der Waals surface area contributed by atoms with Crippen LogP contribution in [0.15, 0.2) is 36.4 Å². The van der Waals surface area contributed by atoms with Crippen LogP contribution in [0, 0.1) is 0 Å². The molecule has 0 spiro atoms. The second kappa shape index (κ2) is 6.33. The fraction of sp³-hybridized carbons (Fsp3) is 0.429. The first-order chi connectivity index (χ1) is 7.63. The zero-order valence-corrected chi connectivity index (χ0v) is 10.4. The van der Waals surface area contributed by atoms with E-state index in [-0.39, 0.29) is 0 Å². The third kappa shape index (κ3) is 4.07. The highest BCUT2D eigenvalue weighted by Crippen LogP contribution is 2.18. The van der Waals surface area contributed by atoms with Crippen LogP contribution < -0.4 is 10.1 Å². The lowest BCUT2D eigenvalue weighted by Gasteiger charge is -2.15. The first kappa shape index (κ1) is 12.8. The minimum absolute atomic E-state index is 0.342. The van der Waals surface area contributed by atoms with Crippen LogP contribution in [-0.2, 0) is 0 Å². The number of methoxy groups -OCH3 is 1. The van der Waals surface area contributed by atoms with Crippen molar-refractivity contribution in [2.75, 3.05) is 13.7 Å². The highest BCUT2D eigenvalue weighted by Gasteiger charge is 2.04. The van der Waals surface area contributed by atoms with Crippen molar-refractivity contribution >= 4 is 0 Å². The summed E-state index contributed by atoms with van der Waals surface area (Å²) in [6.45, 7) is 9.07. The average Bonchev–Trinajstić information content (AvgIpc) is 2.28. The van der Waals surface area contributed by atoms with Crippen LogP contribution in [0.25, 0.3) is 0 Å². The average molecular weight is 219 g/mol. The van der Waals surface area contributed by atoms with Crippen molar-refractivity contribution in [3.63, 3.8) is 0 Å². The van der Waals surface area contributed by atoms with Gasteiger partial charge in [-0.3, -0.25) is 0 Å². The van der Waals surface area contributed by atoms with Crippen LogP contribution >= 0.6 is 0 Å². The molecule has 0 unspecified atom stereocenters. The number of ether oxygens (including phenoxy) is 1. The summed E-state index contributed by atoms with van der Waals surface area (Å²) in [5.41, 5.74) is 2.46. The first-order valence-electron chi connectivity index (χ1n) is 5.65. The molecule has 16 heavy (non-hydrogen) atoms. The van der Waals surface area contributed by atoms with Crippen molar-refractivity contribution < 1.29 is 4.74 Å². The van der Waals surface area contributed by atoms with Crippen molar-refractivity contribution in [2.45, 2.75) is 26.3 Å². The summed E-state index contributed by atoms with van der Waals surface area (Å²) in [7, 11) is 1.69. The van der Waals surface area contributed by atoms with E-state index in [9.17, 15) is 0 Å². The molecular weight excluding hydrogens is 198 g/mol. The van der Waals surface area contributed by atoms with Crippen molar-refractivity contribution in [1.29, 1.82) is 0 Å².